The van der Waals surface area contributed by atoms with E-state index in [1.54, 1.807) is 10.7 Å². The van der Waals surface area contributed by atoms with E-state index in [1.165, 1.54) is 11.8 Å². The van der Waals surface area contributed by atoms with Crippen LogP contribution in [0.2, 0.25) is 0 Å². The van der Waals surface area contributed by atoms with Gasteiger partial charge < -0.3 is 15.2 Å². The Bertz CT molecular complexity index is 1220. The number of aromatic hydroxyl groups is 1. The molecule has 0 aliphatic carbocycles. The molecule has 2 heterocycles. The summed E-state index contributed by atoms with van der Waals surface area (Å²) in [7, 11) is 0. The first-order valence-electron chi connectivity index (χ1n) is 10.3. The minimum absolute atomic E-state index is 0.0376. The molecule has 1 aromatic heterocycles. The minimum atomic E-state index is -0.470. The Kier molecular flexibility index (Phi) is 7.11. The number of aromatic amines is 1. The third-order valence-electron chi connectivity index (χ3n) is 5.04. The van der Waals surface area contributed by atoms with E-state index in [2.05, 4.69) is 49.1 Å². The van der Waals surface area contributed by atoms with Gasteiger partial charge in [-0.05, 0) is 64.3 Å². The summed E-state index contributed by atoms with van der Waals surface area (Å²) in [6, 6.07) is 9.34. The van der Waals surface area contributed by atoms with Crippen LogP contribution in [-0.2, 0) is 0 Å². The zero-order valence-corrected chi connectivity index (χ0v) is 21.6. The molecular formula is C22H23Br2N4O3S+. The normalized spacial score (nSPS) is 14.4. The van der Waals surface area contributed by atoms with Gasteiger partial charge in [0.15, 0.2) is 11.5 Å². The topological polar surface area (TPSA) is 91.1 Å². The van der Waals surface area contributed by atoms with Gasteiger partial charge in [0, 0.05) is 20.9 Å². The van der Waals surface area contributed by atoms with Crippen molar-refractivity contribution in [2.24, 2.45) is 0 Å². The molecule has 0 unspecified atom stereocenters. The molecule has 168 valence electrons. The summed E-state index contributed by atoms with van der Waals surface area (Å²) in [4.78, 5) is 16.1. The number of H-pyrrole nitrogens is 1. The summed E-state index contributed by atoms with van der Waals surface area (Å²) in [6.45, 7) is 4.40. The first kappa shape index (κ1) is 23.1. The number of nitrogens with one attached hydrogen (secondary N) is 2. The maximum atomic E-state index is 13.2. The number of hydrogen-bond acceptors (Lipinski definition) is 6. The predicted octanol–water partition coefficient (Wildman–Crippen LogP) is 5.22. The van der Waals surface area contributed by atoms with Crippen LogP contribution < -0.4 is 20.3 Å². The van der Waals surface area contributed by atoms with Gasteiger partial charge in [-0.3, -0.25) is 9.78 Å². The highest BCUT2D eigenvalue weighted by atomic mass is 79.9. The standard InChI is InChI=1S/C22H22Br2N4O3S/c1-3-5-8-32-22-26-21(30)18-14-11-13(23)6-7-16(14)25-20(28(18)27-22)12-9-15(24)19(29)17(10-12)31-4-2/h6-7,9-11,20H,3-5,8H2,1-2H3,(H2,26,27,29,30)/p+1/t20-/m1/s1. The van der Waals surface area contributed by atoms with Gasteiger partial charge in [0.25, 0.3) is 6.17 Å². The van der Waals surface area contributed by atoms with E-state index in [9.17, 15) is 9.90 Å². The lowest BCUT2D eigenvalue weighted by molar-refractivity contribution is -0.759. The van der Waals surface area contributed by atoms with Crippen molar-refractivity contribution in [3.05, 3.63) is 55.2 Å². The number of nitrogens with zero attached hydrogens (tertiary/aromatic N) is 2. The molecule has 0 saturated heterocycles. The Morgan fingerprint density at radius 1 is 1.25 bits per heavy atom. The predicted molar refractivity (Wildman–Crippen MR) is 133 cm³/mol. The van der Waals surface area contributed by atoms with Crippen LogP contribution in [0.3, 0.4) is 0 Å². The van der Waals surface area contributed by atoms with Crippen molar-refractivity contribution in [2.75, 3.05) is 17.7 Å². The molecule has 0 spiro atoms. The van der Waals surface area contributed by atoms with E-state index in [1.807, 2.05) is 31.2 Å². The first-order valence-corrected chi connectivity index (χ1v) is 12.9. The molecular weight excluding hydrogens is 560 g/mol. The van der Waals surface area contributed by atoms with Crippen LogP contribution >= 0.6 is 43.6 Å². The highest BCUT2D eigenvalue weighted by Gasteiger charge is 2.38. The molecule has 1 atom stereocenters. The fourth-order valence-corrected chi connectivity index (χ4v) is 5.29. The van der Waals surface area contributed by atoms with Gasteiger partial charge in [0.2, 0.25) is 5.16 Å². The smallest absolute Gasteiger partial charge is 0.325 e. The number of thioether (sulfide) groups is 1. The maximum absolute atomic E-state index is 13.2. The molecule has 32 heavy (non-hydrogen) atoms. The monoisotopic (exact) mass is 581 g/mol. The van der Waals surface area contributed by atoms with Gasteiger partial charge in [-0.2, -0.15) is 0 Å². The van der Waals surface area contributed by atoms with Gasteiger partial charge in [-0.15, -0.1) is 0 Å². The molecule has 0 fully saturated rings. The van der Waals surface area contributed by atoms with Gasteiger partial charge in [-0.1, -0.05) is 41.0 Å². The molecule has 0 saturated carbocycles. The Hall–Kier alpha value is -2.04. The highest BCUT2D eigenvalue weighted by Crippen LogP contribution is 2.39. The molecule has 10 heteroatoms. The Balaban J connectivity index is 1.89. The molecule has 0 amide bonds. The van der Waals surface area contributed by atoms with Crippen molar-refractivity contribution in [1.29, 1.82) is 0 Å². The second-order valence-corrected chi connectivity index (χ2v) is 10.1. The lowest BCUT2D eigenvalue weighted by Crippen LogP contribution is -2.55. The number of benzene rings is 2. The summed E-state index contributed by atoms with van der Waals surface area (Å²) in [6.07, 6.45) is 1.64. The van der Waals surface area contributed by atoms with Crippen LogP contribution in [0.1, 0.15) is 38.4 Å². The molecule has 1 aliphatic rings. The van der Waals surface area contributed by atoms with Crippen molar-refractivity contribution in [3.8, 4) is 22.8 Å². The van der Waals surface area contributed by atoms with Gasteiger partial charge in [0.1, 0.15) is 0 Å². The number of aromatic nitrogens is 3. The van der Waals surface area contributed by atoms with Crippen molar-refractivity contribution >= 4 is 49.3 Å². The van der Waals surface area contributed by atoms with E-state index in [0.29, 0.717) is 27.7 Å². The van der Waals surface area contributed by atoms with E-state index in [4.69, 9.17) is 9.84 Å². The van der Waals surface area contributed by atoms with Gasteiger partial charge in [-0.25, -0.2) is 0 Å². The molecule has 1 aliphatic heterocycles. The fraction of sp³-hybridized carbons (Fsp3) is 0.318. The number of phenolic OH excluding ortho intramolecular Hbond substituents is 1. The summed E-state index contributed by atoms with van der Waals surface area (Å²) in [5.41, 5.74) is 2.64. The Labute approximate surface area is 206 Å². The average Bonchev–Trinajstić information content (AvgIpc) is 2.76. The second-order valence-electron chi connectivity index (χ2n) is 7.27. The molecule has 3 N–H and O–H groups in total. The molecule has 0 bridgehead atoms. The number of phenols is 1. The van der Waals surface area contributed by atoms with Crippen molar-refractivity contribution < 1.29 is 14.5 Å². The minimum Gasteiger partial charge on any atom is -0.503 e. The number of rotatable bonds is 7. The first-order chi connectivity index (χ1) is 15.4. The van der Waals surface area contributed by atoms with Crippen LogP contribution in [0.5, 0.6) is 11.5 Å². The number of anilines is 1. The Morgan fingerprint density at radius 3 is 2.81 bits per heavy atom. The second kappa shape index (κ2) is 9.84. The average molecular weight is 583 g/mol. The van der Waals surface area contributed by atoms with Crippen molar-refractivity contribution in [2.45, 2.75) is 38.0 Å². The van der Waals surface area contributed by atoms with Crippen LogP contribution in [0.15, 0.2) is 49.2 Å². The number of hydrogen-bond donors (Lipinski definition) is 3. The van der Waals surface area contributed by atoms with Crippen LogP contribution in [0, 0.1) is 0 Å². The largest absolute Gasteiger partial charge is 0.503 e. The lowest BCUT2D eigenvalue weighted by atomic mass is 10.0. The van der Waals surface area contributed by atoms with Crippen LogP contribution in [0.25, 0.3) is 11.3 Å². The quantitative estimate of drug-likeness (QED) is 0.201. The zero-order valence-electron chi connectivity index (χ0n) is 17.6. The number of ether oxygens (including phenoxy) is 1. The molecule has 7 nitrogen and oxygen atoms in total. The summed E-state index contributed by atoms with van der Waals surface area (Å²) in [5, 5.41) is 19.2. The third-order valence-corrected chi connectivity index (χ3v) is 7.09. The number of fused-ring (bicyclic) bond motifs is 3. The van der Waals surface area contributed by atoms with Gasteiger partial charge in [0.05, 0.1) is 22.3 Å². The molecule has 3 aromatic rings. The summed E-state index contributed by atoms with van der Waals surface area (Å²) < 4.78 is 8.71. The number of unbranched alkanes of at least 4 members (excludes halogenated alkanes) is 1. The van der Waals surface area contributed by atoms with E-state index in [-0.39, 0.29) is 11.3 Å². The molecule has 0 radical (unpaired) electrons. The SMILES string of the molecule is CCCCSc1n[n+]2c(c(=O)[nH]1)-c1cc(Br)ccc1N[C@H]2c1cc(Br)c(O)c(OCC)c1. The maximum Gasteiger partial charge on any atom is 0.325 e. The molecule has 4 rings (SSSR count). The van der Waals surface area contributed by atoms with Crippen LogP contribution in [-0.4, -0.2) is 27.5 Å². The van der Waals surface area contributed by atoms with Crippen LogP contribution in [0.4, 0.5) is 5.69 Å². The Morgan fingerprint density at radius 2 is 2.06 bits per heavy atom. The van der Waals surface area contributed by atoms with E-state index in [0.717, 1.165) is 39.9 Å². The van der Waals surface area contributed by atoms with E-state index < -0.39 is 6.17 Å². The fourth-order valence-electron chi connectivity index (χ4n) is 3.53. The third kappa shape index (κ3) is 4.53. The van der Waals surface area contributed by atoms with Crippen molar-refractivity contribution in [3.63, 3.8) is 0 Å². The van der Waals surface area contributed by atoms with Crippen molar-refractivity contribution in [1.82, 2.24) is 10.1 Å². The zero-order chi connectivity index (χ0) is 22.8. The summed E-state index contributed by atoms with van der Waals surface area (Å²) in [5.74, 6) is 1.28. The highest BCUT2D eigenvalue weighted by molar-refractivity contribution is 9.10. The molecule has 2 aromatic carbocycles. The number of halogens is 2. The summed E-state index contributed by atoms with van der Waals surface area (Å²) >= 11 is 8.46. The lowest BCUT2D eigenvalue weighted by Gasteiger charge is -2.23. The van der Waals surface area contributed by atoms with E-state index >= 15 is 0 Å². The van der Waals surface area contributed by atoms with Gasteiger partial charge >= 0.3 is 11.3 Å².